The number of hydrogen-bond acceptors (Lipinski definition) is 2. The van der Waals surface area contributed by atoms with E-state index in [1.165, 1.54) is 17.7 Å². The Morgan fingerprint density at radius 3 is 2.50 bits per heavy atom. The van der Waals surface area contributed by atoms with Gasteiger partial charge in [0.1, 0.15) is 5.82 Å². The van der Waals surface area contributed by atoms with Crippen LogP contribution in [-0.4, -0.2) is 23.9 Å². The number of halogens is 2. The number of amides is 1. The Hall–Kier alpha value is -1.91. The topological polar surface area (TPSA) is 32.3 Å². The van der Waals surface area contributed by atoms with E-state index in [0.29, 0.717) is 6.54 Å². The molecule has 0 aromatic heterocycles. The maximum Gasteiger partial charge on any atom is 0.254 e. The van der Waals surface area contributed by atoms with E-state index < -0.39 is 11.7 Å². The molecule has 24 heavy (non-hydrogen) atoms. The fourth-order valence-electron chi connectivity index (χ4n) is 2.49. The third-order valence-corrected chi connectivity index (χ3v) is 4.16. The molecule has 0 fully saturated rings. The zero-order valence-electron chi connectivity index (χ0n) is 14.0. The zero-order chi connectivity index (χ0) is 17.5. The number of nitrogens with one attached hydrogen (secondary N) is 1. The van der Waals surface area contributed by atoms with Crippen molar-refractivity contribution in [2.45, 2.75) is 26.9 Å². The highest BCUT2D eigenvalue weighted by Crippen LogP contribution is 2.15. The fourth-order valence-corrected chi connectivity index (χ4v) is 2.65. The summed E-state index contributed by atoms with van der Waals surface area (Å²) in [6, 6.07) is 12.1. The second-order valence-corrected chi connectivity index (χ2v) is 6.02. The molecule has 5 heteroatoms. The lowest BCUT2D eigenvalue weighted by atomic mass is 10.1. The SMILES string of the molecule is CCN(CC)Cc1cccc(CNC(=O)c2ccc(Cl)cc2F)c1. The molecule has 2 aromatic rings. The van der Waals surface area contributed by atoms with Gasteiger partial charge in [-0.25, -0.2) is 4.39 Å². The summed E-state index contributed by atoms with van der Waals surface area (Å²) in [6.45, 7) is 7.48. The van der Waals surface area contributed by atoms with Crippen LogP contribution in [0.3, 0.4) is 0 Å². The molecule has 1 amide bonds. The summed E-state index contributed by atoms with van der Waals surface area (Å²) < 4.78 is 13.8. The third-order valence-electron chi connectivity index (χ3n) is 3.92. The summed E-state index contributed by atoms with van der Waals surface area (Å²) in [6.07, 6.45) is 0. The van der Waals surface area contributed by atoms with Crippen LogP contribution in [0.1, 0.15) is 35.3 Å². The van der Waals surface area contributed by atoms with E-state index in [4.69, 9.17) is 11.6 Å². The molecule has 0 aliphatic heterocycles. The van der Waals surface area contributed by atoms with Crippen molar-refractivity contribution in [3.8, 4) is 0 Å². The summed E-state index contributed by atoms with van der Waals surface area (Å²) in [4.78, 5) is 14.4. The van der Waals surface area contributed by atoms with E-state index in [9.17, 15) is 9.18 Å². The molecule has 2 rings (SSSR count). The standard InChI is InChI=1S/C19H22ClFN2O/c1-3-23(4-2)13-15-7-5-6-14(10-15)12-22-19(24)17-9-8-16(20)11-18(17)21/h5-11H,3-4,12-13H2,1-2H3,(H,22,24). The van der Waals surface area contributed by atoms with Crippen molar-refractivity contribution in [1.82, 2.24) is 10.2 Å². The van der Waals surface area contributed by atoms with Crippen LogP contribution in [0.4, 0.5) is 4.39 Å². The average molecular weight is 349 g/mol. The highest BCUT2D eigenvalue weighted by molar-refractivity contribution is 6.30. The monoisotopic (exact) mass is 348 g/mol. The van der Waals surface area contributed by atoms with Crippen molar-refractivity contribution in [2.75, 3.05) is 13.1 Å². The predicted octanol–water partition coefficient (Wildman–Crippen LogP) is 4.25. The summed E-state index contributed by atoms with van der Waals surface area (Å²) in [5.41, 5.74) is 2.18. The number of benzene rings is 2. The lowest BCUT2D eigenvalue weighted by molar-refractivity contribution is 0.0947. The molecule has 2 aromatic carbocycles. The van der Waals surface area contributed by atoms with E-state index in [2.05, 4.69) is 36.2 Å². The molecule has 0 saturated heterocycles. The highest BCUT2D eigenvalue weighted by Gasteiger charge is 2.11. The first-order valence-corrected chi connectivity index (χ1v) is 8.44. The molecule has 0 aliphatic carbocycles. The third kappa shape index (κ3) is 5.05. The molecule has 0 unspecified atom stereocenters. The van der Waals surface area contributed by atoms with Crippen LogP contribution in [0.25, 0.3) is 0 Å². The van der Waals surface area contributed by atoms with Crippen LogP contribution >= 0.6 is 11.6 Å². The smallest absolute Gasteiger partial charge is 0.254 e. The number of nitrogens with zero attached hydrogens (tertiary/aromatic N) is 1. The molecule has 0 radical (unpaired) electrons. The van der Waals surface area contributed by atoms with Gasteiger partial charge in [0, 0.05) is 18.1 Å². The minimum absolute atomic E-state index is 0.00121. The van der Waals surface area contributed by atoms with Crippen molar-refractivity contribution in [3.63, 3.8) is 0 Å². The van der Waals surface area contributed by atoms with E-state index in [1.54, 1.807) is 0 Å². The van der Waals surface area contributed by atoms with E-state index >= 15 is 0 Å². The second-order valence-electron chi connectivity index (χ2n) is 5.59. The van der Waals surface area contributed by atoms with Gasteiger partial charge in [0.15, 0.2) is 0 Å². The fraction of sp³-hybridized carbons (Fsp3) is 0.316. The first-order chi connectivity index (χ1) is 11.5. The number of rotatable bonds is 7. The van der Waals surface area contributed by atoms with Gasteiger partial charge in [-0.15, -0.1) is 0 Å². The van der Waals surface area contributed by atoms with E-state index in [1.807, 2.05) is 12.1 Å². The zero-order valence-corrected chi connectivity index (χ0v) is 14.7. The molecular formula is C19H22ClFN2O. The lowest BCUT2D eigenvalue weighted by Gasteiger charge is -2.18. The van der Waals surface area contributed by atoms with E-state index in [-0.39, 0.29) is 10.6 Å². The molecule has 0 heterocycles. The first-order valence-electron chi connectivity index (χ1n) is 8.07. The van der Waals surface area contributed by atoms with Crippen molar-refractivity contribution in [2.24, 2.45) is 0 Å². The molecule has 0 saturated carbocycles. The van der Waals surface area contributed by atoms with Gasteiger partial charge in [-0.3, -0.25) is 9.69 Å². The average Bonchev–Trinajstić information content (AvgIpc) is 2.58. The molecular weight excluding hydrogens is 327 g/mol. The first kappa shape index (κ1) is 18.4. The Morgan fingerprint density at radius 2 is 1.83 bits per heavy atom. The molecule has 128 valence electrons. The van der Waals surface area contributed by atoms with Crippen LogP contribution in [0.15, 0.2) is 42.5 Å². The minimum atomic E-state index is -0.615. The van der Waals surface area contributed by atoms with Gasteiger partial charge >= 0.3 is 0 Å². The van der Waals surface area contributed by atoms with Crippen molar-refractivity contribution in [1.29, 1.82) is 0 Å². The van der Waals surface area contributed by atoms with Gasteiger partial charge in [-0.2, -0.15) is 0 Å². The Kier molecular flexibility index (Phi) is 6.76. The highest BCUT2D eigenvalue weighted by atomic mass is 35.5. The minimum Gasteiger partial charge on any atom is -0.348 e. The lowest BCUT2D eigenvalue weighted by Crippen LogP contribution is -2.24. The number of carbonyl (C=O) groups excluding carboxylic acids is 1. The summed E-state index contributed by atoms with van der Waals surface area (Å²) in [5.74, 6) is -1.06. The van der Waals surface area contributed by atoms with Gasteiger partial charge < -0.3 is 5.32 Å². The Bertz CT molecular complexity index is 702. The Labute approximate surface area is 147 Å². The summed E-state index contributed by atoms with van der Waals surface area (Å²) in [7, 11) is 0. The summed E-state index contributed by atoms with van der Waals surface area (Å²) >= 11 is 5.70. The van der Waals surface area contributed by atoms with Crippen molar-refractivity contribution < 1.29 is 9.18 Å². The predicted molar refractivity (Wildman–Crippen MR) is 95.6 cm³/mol. The van der Waals surface area contributed by atoms with Gasteiger partial charge in [0.25, 0.3) is 5.91 Å². The summed E-state index contributed by atoms with van der Waals surface area (Å²) in [5, 5.41) is 3.02. The van der Waals surface area contributed by atoms with Gasteiger partial charge in [0.05, 0.1) is 5.56 Å². The molecule has 1 N–H and O–H groups in total. The largest absolute Gasteiger partial charge is 0.348 e. The van der Waals surface area contributed by atoms with Gasteiger partial charge in [-0.1, -0.05) is 49.7 Å². The number of carbonyl (C=O) groups is 1. The molecule has 0 atom stereocenters. The number of hydrogen-bond donors (Lipinski definition) is 1. The molecule has 3 nitrogen and oxygen atoms in total. The Morgan fingerprint density at radius 1 is 1.12 bits per heavy atom. The normalized spacial score (nSPS) is 10.9. The van der Waals surface area contributed by atoms with Crippen LogP contribution < -0.4 is 5.32 Å². The van der Waals surface area contributed by atoms with Crippen molar-refractivity contribution in [3.05, 3.63) is 70.0 Å². The van der Waals surface area contributed by atoms with Gasteiger partial charge in [-0.05, 0) is 42.4 Å². The quantitative estimate of drug-likeness (QED) is 0.811. The maximum absolute atomic E-state index is 13.8. The van der Waals surface area contributed by atoms with Crippen LogP contribution in [0.5, 0.6) is 0 Å². The molecule has 0 bridgehead atoms. The second kappa shape index (κ2) is 8.81. The van der Waals surface area contributed by atoms with Crippen molar-refractivity contribution >= 4 is 17.5 Å². The van der Waals surface area contributed by atoms with Crippen LogP contribution in [0, 0.1) is 5.82 Å². The van der Waals surface area contributed by atoms with E-state index in [0.717, 1.165) is 31.3 Å². The maximum atomic E-state index is 13.8. The Balaban J connectivity index is 2.00. The molecule has 0 spiro atoms. The van der Waals surface area contributed by atoms with Crippen LogP contribution in [-0.2, 0) is 13.1 Å². The molecule has 0 aliphatic rings. The van der Waals surface area contributed by atoms with Crippen LogP contribution in [0.2, 0.25) is 5.02 Å². The van der Waals surface area contributed by atoms with Gasteiger partial charge in [0.2, 0.25) is 0 Å².